The molecule has 0 saturated carbocycles. The number of halogens is 1. The topological polar surface area (TPSA) is 71.5 Å². The molecule has 3 aromatic rings. The molecule has 0 spiro atoms. The van der Waals surface area contributed by atoms with E-state index in [0.29, 0.717) is 27.6 Å². The molecular formula is C17H13ClN2O3. The molecular weight excluding hydrogens is 316 g/mol. The minimum Gasteiger partial charge on any atom is -0.457 e. The van der Waals surface area contributed by atoms with Gasteiger partial charge < -0.3 is 4.74 Å². The van der Waals surface area contributed by atoms with Gasteiger partial charge >= 0.3 is 0 Å². The minimum atomic E-state index is -0.599. The van der Waals surface area contributed by atoms with Crippen LogP contribution in [0.5, 0.6) is 11.5 Å². The molecule has 0 aliphatic rings. The lowest BCUT2D eigenvalue weighted by Crippen LogP contribution is -2.20. The third-order valence-corrected chi connectivity index (χ3v) is 3.72. The summed E-state index contributed by atoms with van der Waals surface area (Å²) in [5.41, 5.74) is 3.37. The molecule has 2 aromatic carbocycles. The van der Waals surface area contributed by atoms with Crippen LogP contribution in [0.1, 0.15) is 15.9 Å². The fraction of sp³-hybridized carbons (Fsp3) is 0.0588. The van der Waals surface area contributed by atoms with Crippen LogP contribution in [-0.2, 0) is 0 Å². The Kier molecular flexibility index (Phi) is 4.14. The number of pyridine rings is 1. The molecule has 2 N–H and O–H groups in total. The summed E-state index contributed by atoms with van der Waals surface area (Å²) in [5, 5.41) is 10.2. The van der Waals surface area contributed by atoms with Crippen LogP contribution < -0.4 is 10.2 Å². The summed E-state index contributed by atoms with van der Waals surface area (Å²) in [4.78, 5) is 15.9. The highest BCUT2D eigenvalue weighted by Gasteiger charge is 2.12. The van der Waals surface area contributed by atoms with Gasteiger partial charge in [-0.1, -0.05) is 17.7 Å². The number of hydrogen-bond acceptors (Lipinski definition) is 4. The summed E-state index contributed by atoms with van der Waals surface area (Å²) < 4.78 is 5.79. The second-order valence-electron chi connectivity index (χ2n) is 4.98. The third kappa shape index (κ3) is 3.11. The molecule has 5 nitrogen and oxygen atoms in total. The number of nitrogens with zero attached hydrogens (tertiary/aromatic N) is 1. The maximum atomic E-state index is 11.6. The van der Waals surface area contributed by atoms with Crippen LogP contribution in [0.2, 0.25) is 5.02 Å². The normalized spacial score (nSPS) is 10.6. The van der Waals surface area contributed by atoms with Crippen LogP contribution in [0, 0.1) is 6.92 Å². The first-order chi connectivity index (χ1) is 11.1. The van der Waals surface area contributed by atoms with Crippen molar-refractivity contribution in [1.82, 2.24) is 10.5 Å². The zero-order valence-electron chi connectivity index (χ0n) is 12.2. The summed E-state index contributed by atoms with van der Waals surface area (Å²) in [6.07, 6.45) is 1.43. The van der Waals surface area contributed by atoms with Crippen molar-refractivity contribution in [3.63, 3.8) is 0 Å². The SMILES string of the molecule is Cc1c(C(=O)NO)cnc2ccc(Oc3cccc(Cl)c3)cc12. The molecule has 0 bridgehead atoms. The van der Waals surface area contributed by atoms with Gasteiger partial charge in [0.05, 0.1) is 11.1 Å². The molecule has 0 radical (unpaired) electrons. The van der Waals surface area contributed by atoms with Crippen molar-refractivity contribution in [2.24, 2.45) is 0 Å². The number of hydroxylamine groups is 1. The first-order valence-corrected chi connectivity index (χ1v) is 7.23. The van der Waals surface area contributed by atoms with Gasteiger partial charge in [-0.25, -0.2) is 5.48 Å². The molecule has 3 rings (SSSR count). The molecule has 23 heavy (non-hydrogen) atoms. The number of hydrogen-bond donors (Lipinski definition) is 2. The number of fused-ring (bicyclic) bond motifs is 1. The molecule has 0 atom stereocenters. The second kappa shape index (κ2) is 6.24. The Balaban J connectivity index is 2.03. The van der Waals surface area contributed by atoms with Gasteiger partial charge in [-0.3, -0.25) is 15.0 Å². The molecule has 0 fully saturated rings. The van der Waals surface area contributed by atoms with Gasteiger partial charge in [0.15, 0.2) is 0 Å². The molecule has 0 saturated heterocycles. The average molecular weight is 329 g/mol. The summed E-state index contributed by atoms with van der Waals surface area (Å²) in [6.45, 7) is 1.79. The van der Waals surface area contributed by atoms with E-state index in [-0.39, 0.29) is 0 Å². The van der Waals surface area contributed by atoms with Crippen LogP contribution in [0.3, 0.4) is 0 Å². The van der Waals surface area contributed by atoms with Crippen LogP contribution in [0.25, 0.3) is 10.9 Å². The van der Waals surface area contributed by atoms with Gasteiger partial charge in [-0.15, -0.1) is 0 Å². The van der Waals surface area contributed by atoms with Crippen molar-refractivity contribution in [3.05, 3.63) is 64.8 Å². The molecule has 0 aliphatic heterocycles. The lowest BCUT2D eigenvalue weighted by Gasteiger charge is -2.10. The quantitative estimate of drug-likeness (QED) is 0.560. The van der Waals surface area contributed by atoms with Crippen LogP contribution in [0.4, 0.5) is 0 Å². The van der Waals surface area contributed by atoms with Gasteiger partial charge in [0.1, 0.15) is 11.5 Å². The van der Waals surface area contributed by atoms with E-state index in [1.807, 2.05) is 6.07 Å². The smallest absolute Gasteiger partial charge is 0.276 e. The van der Waals surface area contributed by atoms with Crippen molar-refractivity contribution < 1.29 is 14.7 Å². The zero-order chi connectivity index (χ0) is 16.4. The number of ether oxygens (including phenoxy) is 1. The lowest BCUT2D eigenvalue weighted by molar-refractivity contribution is 0.0705. The second-order valence-corrected chi connectivity index (χ2v) is 5.41. The van der Waals surface area contributed by atoms with E-state index in [1.54, 1.807) is 48.8 Å². The van der Waals surface area contributed by atoms with Gasteiger partial charge in [0.25, 0.3) is 5.91 Å². The Morgan fingerprint density at radius 1 is 1.22 bits per heavy atom. The first-order valence-electron chi connectivity index (χ1n) is 6.85. The number of carbonyl (C=O) groups is 1. The number of aryl methyl sites for hydroxylation is 1. The number of rotatable bonds is 3. The van der Waals surface area contributed by atoms with Gasteiger partial charge in [0.2, 0.25) is 0 Å². The highest BCUT2D eigenvalue weighted by atomic mass is 35.5. The predicted octanol–water partition coefficient (Wildman–Crippen LogP) is 4.11. The Labute approximate surface area is 137 Å². The maximum absolute atomic E-state index is 11.6. The molecule has 116 valence electrons. The zero-order valence-corrected chi connectivity index (χ0v) is 13.0. The van der Waals surface area contributed by atoms with Crippen LogP contribution in [0.15, 0.2) is 48.7 Å². The lowest BCUT2D eigenvalue weighted by atomic mass is 10.0. The number of carbonyl (C=O) groups excluding carboxylic acids is 1. The van der Waals surface area contributed by atoms with Crippen molar-refractivity contribution in [1.29, 1.82) is 0 Å². The van der Waals surface area contributed by atoms with Crippen LogP contribution in [-0.4, -0.2) is 16.1 Å². The maximum Gasteiger partial charge on any atom is 0.276 e. The molecule has 0 aliphatic carbocycles. The standard InChI is InChI=1S/C17H13ClN2O3/c1-10-14-8-13(23-12-4-2-3-11(18)7-12)5-6-16(14)19-9-15(10)17(21)20-22/h2-9,22H,1H3,(H,20,21). The minimum absolute atomic E-state index is 0.305. The third-order valence-electron chi connectivity index (χ3n) is 3.49. The largest absolute Gasteiger partial charge is 0.457 e. The predicted molar refractivity (Wildman–Crippen MR) is 87.3 cm³/mol. The monoisotopic (exact) mass is 328 g/mol. The molecule has 6 heteroatoms. The molecule has 1 heterocycles. The fourth-order valence-electron chi connectivity index (χ4n) is 2.32. The van der Waals surface area contributed by atoms with Crippen molar-refractivity contribution >= 4 is 28.4 Å². The van der Waals surface area contributed by atoms with E-state index in [0.717, 1.165) is 10.9 Å². The Hall–Kier alpha value is -2.63. The highest BCUT2D eigenvalue weighted by molar-refractivity contribution is 6.30. The Morgan fingerprint density at radius 3 is 2.74 bits per heavy atom. The average Bonchev–Trinajstić information content (AvgIpc) is 2.55. The van der Waals surface area contributed by atoms with E-state index in [9.17, 15) is 4.79 Å². The van der Waals surface area contributed by atoms with E-state index in [2.05, 4.69) is 4.98 Å². The van der Waals surface area contributed by atoms with E-state index in [4.69, 9.17) is 21.5 Å². The molecule has 1 amide bonds. The van der Waals surface area contributed by atoms with E-state index in [1.165, 1.54) is 6.20 Å². The summed E-state index contributed by atoms with van der Waals surface area (Å²) in [6, 6.07) is 12.5. The van der Waals surface area contributed by atoms with Crippen LogP contribution >= 0.6 is 11.6 Å². The van der Waals surface area contributed by atoms with Crippen molar-refractivity contribution in [2.45, 2.75) is 6.92 Å². The van der Waals surface area contributed by atoms with Gasteiger partial charge in [0, 0.05) is 16.6 Å². The first kappa shape index (κ1) is 15.3. The number of benzene rings is 2. The van der Waals surface area contributed by atoms with E-state index >= 15 is 0 Å². The van der Waals surface area contributed by atoms with E-state index < -0.39 is 5.91 Å². The summed E-state index contributed by atoms with van der Waals surface area (Å²) >= 11 is 5.94. The summed E-state index contributed by atoms with van der Waals surface area (Å²) in [7, 11) is 0. The van der Waals surface area contributed by atoms with Crippen molar-refractivity contribution in [2.75, 3.05) is 0 Å². The molecule has 1 aromatic heterocycles. The number of amides is 1. The Bertz CT molecular complexity index is 896. The summed E-state index contributed by atoms with van der Waals surface area (Å²) in [5.74, 6) is 0.621. The van der Waals surface area contributed by atoms with Gasteiger partial charge in [-0.2, -0.15) is 0 Å². The highest BCUT2D eigenvalue weighted by Crippen LogP contribution is 2.28. The van der Waals surface area contributed by atoms with Gasteiger partial charge in [-0.05, 0) is 48.9 Å². The molecule has 0 unspecified atom stereocenters. The number of aromatic nitrogens is 1. The number of nitrogens with one attached hydrogen (secondary N) is 1. The fourth-order valence-corrected chi connectivity index (χ4v) is 2.50. The Morgan fingerprint density at radius 2 is 2.00 bits per heavy atom. The van der Waals surface area contributed by atoms with Crippen molar-refractivity contribution in [3.8, 4) is 11.5 Å².